The van der Waals surface area contributed by atoms with Gasteiger partial charge in [0, 0.05) is 30.1 Å². The molecule has 2 amide bonds. The largest absolute Gasteiger partial charge is 0.497 e. The molecule has 3 aromatic carbocycles. The Balaban J connectivity index is 1.36. The Bertz CT molecular complexity index is 1420. The van der Waals surface area contributed by atoms with Gasteiger partial charge in [-0.25, -0.2) is 0 Å². The lowest BCUT2D eigenvalue weighted by Crippen LogP contribution is -2.40. The molecule has 1 aromatic heterocycles. The lowest BCUT2D eigenvalue weighted by molar-refractivity contribution is -0.122. The number of nitrogens with zero attached hydrogens (tertiary/aromatic N) is 2. The molecule has 0 fully saturated rings. The van der Waals surface area contributed by atoms with Gasteiger partial charge >= 0.3 is 0 Å². The zero-order valence-electron chi connectivity index (χ0n) is 21.4. The number of aromatic nitrogens is 1. The summed E-state index contributed by atoms with van der Waals surface area (Å²) >= 11 is 0. The summed E-state index contributed by atoms with van der Waals surface area (Å²) in [5.74, 6) is 1.25. The molecule has 190 valence electrons. The minimum absolute atomic E-state index is 0.0260. The van der Waals surface area contributed by atoms with Crippen LogP contribution in [0.15, 0.2) is 72.8 Å². The van der Waals surface area contributed by atoms with Crippen molar-refractivity contribution in [3.05, 3.63) is 95.2 Å². The molecule has 7 nitrogen and oxygen atoms in total. The number of hydrogen-bond donors (Lipinski definition) is 1. The first-order valence-corrected chi connectivity index (χ1v) is 12.5. The molecule has 0 saturated heterocycles. The van der Waals surface area contributed by atoms with E-state index in [1.807, 2.05) is 91.3 Å². The Hall–Kier alpha value is -4.26. The second-order valence-corrected chi connectivity index (χ2v) is 9.12. The van der Waals surface area contributed by atoms with Crippen LogP contribution in [0.25, 0.3) is 10.9 Å². The molecule has 4 aromatic rings. The van der Waals surface area contributed by atoms with Crippen LogP contribution in [0.5, 0.6) is 11.5 Å². The number of rotatable bonds is 9. The number of hydrogen-bond acceptors (Lipinski definition) is 4. The Morgan fingerprint density at radius 2 is 1.68 bits per heavy atom. The van der Waals surface area contributed by atoms with E-state index in [-0.39, 0.29) is 24.4 Å². The summed E-state index contributed by atoms with van der Waals surface area (Å²) in [6.45, 7) is 3.04. The molecular formula is C30H31N3O4. The van der Waals surface area contributed by atoms with Gasteiger partial charge in [-0.3, -0.25) is 9.59 Å². The number of benzene rings is 3. The van der Waals surface area contributed by atoms with Gasteiger partial charge in [-0.05, 0) is 54.8 Å². The number of aryl methyl sites for hydroxylation is 1. The molecule has 1 aliphatic rings. The van der Waals surface area contributed by atoms with Crippen LogP contribution < -0.4 is 14.8 Å². The van der Waals surface area contributed by atoms with Gasteiger partial charge in [0.25, 0.3) is 5.91 Å². The van der Waals surface area contributed by atoms with Gasteiger partial charge in [-0.1, -0.05) is 42.5 Å². The van der Waals surface area contributed by atoms with Crippen molar-refractivity contribution < 1.29 is 19.1 Å². The third-order valence-electron chi connectivity index (χ3n) is 6.91. The van der Waals surface area contributed by atoms with E-state index < -0.39 is 0 Å². The SMILES string of the molecule is CCOc1ccc(CCNC(=O)CN2C(=O)c3c(c4ccccc4n3C)[C@H]2c2ccc(OC)cc2)cc1. The van der Waals surface area contributed by atoms with Crippen LogP contribution in [0, 0.1) is 0 Å². The van der Waals surface area contributed by atoms with E-state index in [2.05, 4.69) is 5.32 Å². The number of carbonyl (C=O) groups excluding carboxylic acids is 2. The lowest BCUT2D eigenvalue weighted by Gasteiger charge is -2.26. The first-order chi connectivity index (χ1) is 18.0. The highest BCUT2D eigenvalue weighted by molar-refractivity contribution is 6.07. The van der Waals surface area contributed by atoms with Crippen LogP contribution in [0.1, 0.15) is 40.1 Å². The number of carbonyl (C=O) groups is 2. The zero-order valence-corrected chi connectivity index (χ0v) is 21.4. The van der Waals surface area contributed by atoms with Gasteiger partial charge in [-0.2, -0.15) is 0 Å². The summed E-state index contributed by atoms with van der Waals surface area (Å²) in [5, 5.41) is 4.01. The van der Waals surface area contributed by atoms with E-state index in [1.165, 1.54) is 0 Å². The van der Waals surface area contributed by atoms with Crippen molar-refractivity contribution in [1.29, 1.82) is 0 Å². The number of methoxy groups -OCH3 is 1. The van der Waals surface area contributed by atoms with Crippen molar-refractivity contribution in [2.45, 2.75) is 19.4 Å². The summed E-state index contributed by atoms with van der Waals surface area (Å²) in [5.41, 5.74) is 4.61. The second kappa shape index (κ2) is 10.4. The normalized spacial score (nSPS) is 14.6. The molecule has 0 bridgehead atoms. The number of para-hydroxylation sites is 1. The molecule has 0 unspecified atom stereocenters. The van der Waals surface area contributed by atoms with E-state index in [0.717, 1.165) is 39.1 Å². The van der Waals surface area contributed by atoms with Gasteiger partial charge in [0.1, 0.15) is 23.7 Å². The van der Waals surface area contributed by atoms with Crippen molar-refractivity contribution in [1.82, 2.24) is 14.8 Å². The minimum atomic E-state index is -0.364. The highest BCUT2D eigenvalue weighted by Crippen LogP contribution is 2.43. The van der Waals surface area contributed by atoms with Crippen LogP contribution in [0.4, 0.5) is 0 Å². The number of amides is 2. The van der Waals surface area contributed by atoms with Crippen molar-refractivity contribution in [2.24, 2.45) is 7.05 Å². The Kier molecular flexibility index (Phi) is 6.86. The number of nitrogens with one attached hydrogen (secondary N) is 1. The predicted molar refractivity (Wildman–Crippen MR) is 143 cm³/mol. The highest BCUT2D eigenvalue weighted by atomic mass is 16.5. The van der Waals surface area contributed by atoms with Gasteiger partial charge in [0.05, 0.1) is 19.8 Å². The van der Waals surface area contributed by atoms with Gasteiger partial charge in [-0.15, -0.1) is 0 Å². The fraction of sp³-hybridized carbons (Fsp3) is 0.267. The monoisotopic (exact) mass is 497 g/mol. The molecule has 7 heteroatoms. The van der Waals surface area contributed by atoms with E-state index in [0.29, 0.717) is 25.3 Å². The average molecular weight is 498 g/mol. The van der Waals surface area contributed by atoms with Crippen LogP contribution in [-0.4, -0.2) is 48.1 Å². The fourth-order valence-corrected chi connectivity index (χ4v) is 5.14. The van der Waals surface area contributed by atoms with Crippen molar-refractivity contribution in [3.8, 4) is 11.5 Å². The maximum absolute atomic E-state index is 13.7. The lowest BCUT2D eigenvalue weighted by atomic mass is 9.98. The molecule has 1 atom stereocenters. The molecule has 0 spiro atoms. The molecule has 0 aliphatic carbocycles. The molecule has 37 heavy (non-hydrogen) atoms. The fourth-order valence-electron chi connectivity index (χ4n) is 5.14. The number of fused-ring (bicyclic) bond motifs is 3. The quantitative estimate of drug-likeness (QED) is 0.370. The van der Waals surface area contributed by atoms with E-state index >= 15 is 0 Å². The first-order valence-electron chi connectivity index (χ1n) is 12.5. The van der Waals surface area contributed by atoms with Crippen LogP contribution in [0.2, 0.25) is 0 Å². The maximum atomic E-state index is 13.7. The first kappa shape index (κ1) is 24.4. The minimum Gasteiger partial charge on any atom is -0.497 e. The summed E-state index contributed by atoms with van der Waals surface area (Å²) < 4.78 is 12.8. The Morgan fingerprint density at radius 3 is 2.38 bits per heavy atom. The van der Waals surface area contributed by atoms with Gasteiger partial charge < -0.3 is 24.3 Å². The summed E-state index contributed by atoms with van der Waals surface area (Å²) in [7, 11) is 3.53. The van der Waals surface area contributed by atoms with Crippen LogP contribution in [0.3, 0.4) is 0 Å². The van der Waals surface area contributed by atoms with Crippen LogP contribution >= 0.6 is 0 Å². The molecule has 1 aliphatic heterocycles. The zero-order chi connectivity index (χ0) is 25.9. The number of ether oxygens (including phenoxy) is 2. The molecule has 2 heterocycles. The van der Waals surface area contributed by atoms with E-state index in [4.69, 9.17) is 9.47 Å². The third-order valence-corrected chi connectivity index (χ3v) is 6.91. The smallest absolute Gasteiger partial charge is 0.272 e. The predicted octanol–water partition coefficient (Wildman–Crippen LogP) is 4.49. The van der Waals surface area contributed by atoms with Gasteiger partial charge in [0.2, 0.25) is 5.91 Å². The highest BCUT2D eigenvalue weighted by Gasteiger charge is 2.42. The molecule has 0 radical (unpaired) electrons. The summed E-state index contributed by atoms with van der Waals surface area (Å²) in [6.07, 6.45) is 0.693. The van der Waals surface area contributed by atoms with Crippen molar-refractivity contribution in [3.63, 3.8) is 0 Å². The molecular weight excluding hydrogens is 466 g/mol. The molecule has 5 rings (SSSR count). The van der Waals surface area contributed by atoms with Crippen LogP contribution in [-0.2, 0) is 18.3 Å². The third kappa shape index (κ3) is 4.65. The Morgan fingerprint density at radius 1 is 0.973 bits per heavy atom. The summed E-state index contributed by atoms with van der Waals surface area (Å²) in [6, 6.07) is 23.2. The Labute approximate surface area is 216 Å². The van der Waals surface area contributed by atoms with E-state index in [9.17, 15) is 9.59 Å². The van der Waals surface area contributed by atoms with Crippen molar-refractivity contribution >= 4 is 22.7 Å². The molecule has 1 N–H and O–H groups in total. The maximum Gasteiger partial charge on any atom is 0.272 e. The average Bonchev–Trinajstić information content (AvgIpc) is 3.37. The standard InChI is InChI=1S/C30H31N3O4/c1-4-37-23-13-9-20(10-14-23)17-18-31-26(34)19-33-28(21-11-15-22(36-3)16-12-21)27-24-7-5-6-8-25(24)32(2)29(27)30(33)35/h5-16,28H,4,17-19H2,1-3H3,(H,31,34)/t28-/m1/s1. The second-order valence-electron chi connectivity index (χ2n) is 9.12. The summed E-state index contributed by atoms with van der Waals surface area (Å²) in [4.78, 5) is 28.4. The van der Waals surface area contributed by atoms with E-state index in [1.54, 1.807) is 12.0 Å². The molecule has 0 saturated carbocycles. The van der Waals surface area contributed by atoms with Crippen molar-refractivity contribution in [2.75, 3.05) is 26.8 Å². The van der Waals surface area contributed by atoms with Gasteiger partial charge in [0.15, 0.2) is 0 Å². The topological polar surface area (TPSA) is 72.8 Å².